The third-order valence-electron chi connectivity index (χ3n) is 1.85. The van der Waals surface area contributed by atoms with Crippen molar-refractivity contribution in [1.29, 1.82) is 0 Å². The maximum Gasteiger partial charge on any atom is 0.121 e. The fourth-order valence-corrected chi connectivity index (χ4v) is 1.63. The molecule has 0 N–H and O–H groups in total. The van der Waals surface area contributed by atoms with Crippen molar-refractivity contribution >= 4 is 27.1 Å². The van der Waals surface area contributed by atoms with Gasteiger partial charge < -0.3 is 4.74 Å². The Morgan fingerprint density at radius 1 is 1.33 bits per heavy atom. The summed E-state index contributed by atoms with van der Waals surface area (Å²) in [7, 11) is 1.67. The maximum atomic E-state index is 5.11. The Bertz CT molecular complexity index is 408. The fraction of sp³-hybridized carbons (Fsp3) is 0.111. The van der Waals surface area contributed by atoms with Gasteiger partial charge in [0.05, 0.1) is 28.8 Å². The molecule has 0 radical (unpaired) electrons. The summed E-state index contributed by atoms with van der Waals surface area (Å²) in [6, 6.07) is 8.02. The monoisotopic (exact) mass is 225 g/mol. The Morgan fingerprint density at radius 2 is 2.17 bits per heavy atom. The molecule has 0 atom stereocenters. The molecule has 0 fully saturated rings. The molecule has 0 saturated carbocycles. The first-order valence-electron chi connectivity index (χ1n) is 3.62. The zero-order chi connectivity index (χ0) is 8.55. The van der Waals surface area contributed by atoms with Gasteiger partial charge in [0.25, 0.3) is 0 Å². The average Bonchev–Trinajstić information content (AvgIpc) is 2.47. The van der Waals surface area contributed by atoms with Crippen LogP contribution in [-0.4, -0.2) is 10.7 Å². The van der Waals surface area contributed by atoms with Crippen LogP contribution in [0.2, 0.25) is 0 Å². The highest BCUT2D eigenvalue weighted by Crippen LogP contribution is 2.22. The van der Waals surface area contributed by atoms with Crippen molar-refractivity contribution in [2.75, 3.05) is 7.11 Å². The van der Waals surface area contributed by atoms with Crippen LogP contribution in [0.5, 0.6) is 5.75 Å². The predicted octanol–water partition coefficient (Wildman–Crippen LogP) is 2.81. The molecule has 2 aromatic rings. The van der Waals surface area contributed by atoms with Crippen molar-refractivity contribution in [2.24, 2.45) is 0 Å². The number of halogens is 1. The average molecular weight is 226 g/mol. The van der Waals surface area contributed by atoms with Gasteiger partial charge in [0, 0.05) is 17.6 Å². The number of aromatic nitrogens is 1. The molecule has 0 unspecified atom stereocenters. The van der Waals surface area contributed by atoms with E-state index in [1.165, 1.54) is 5.39 Å². The fourth-order valence-electron chi connectivity index (χ4n) is 1.20. The van der Waals surface area contributed by atoms with E-state index in [0.717, 1.165) is 11.3 Å². The number of benzene rings is 1. The van der Waals surface area contributed by atoms with Crippen LogP contribution in [-0.2, 0) is 0 Å². The molecule has 1 aromatic carbocycles. The molecule has 1 heterocycles. The minimum absolute atomic E-state index is 0.877. The number of hydrogen-bond donors (Lipinski definition) is 0. The Balaban J connectivity index is 2.71. The van der Waals surface area contributed by atoms with E-state index in [9.17, 15) is 0 Å². The first-order valence-corrected chi connectivity index (χ1v) is 4.33. The third kappa shape index (κ3) is 1.10. The van der Waals surface area contributed by atoms with Gasteiger partial charge in [0.15, 0.2) is 0 Å². The van der Waals surface area contributed by atoms with E-state index in [-0.39, 0.29) is 0 Å². The number of fused-ring (bicyclic) bond motifs is 1. The second-order valence-electron chi connectivity index (χ2n) is 2.55. The summed E-state index contributed by atoms with van der Waals surface area (Å²) in [5.74, 6) is 0.877. The van der Waals surface area contributed by atoms with Gasteiger partial charge in [-0.1, -0.05) is 0 Å². The van der Waals surface area contributed by atoms with Crippen molar-refractivity contribution in [1.82, 2.24) is 3.59 Å². The maximum absolute atomic E-state index is 5.11. The molecule has 2 rings (SSSR count). The van der Waals surface area contributed by atoms with E-state index in [4.69, 9.17) is 4.74 Å². The van der Waals surface area contributed by atoms with Crippen LogP contribution in [0.25, 0.3) is 10.9 Å². The van der Waals surface area contributed by atoms with Gasteiger partial charge in [-0.25, -0.2) is 0 Å². The zero-order valence-corrected chi connectivity index (χ0v) is 8.21. The molecular weight excluding hydrogens is 218 g/mol. The van der Waals surface area contributed by atoms with Gasteiger partial charge in [-0.15, -0.1) is 0 Å². The first-order chi connectivity index (χ1) is 5.81. The first kappa shape index (κ1) is 7.68. The molecule has 0 bridgehead atoms. The summed E-state index contributed by atoms with van der Waals surface area (Å²) in [4.78, 5) is 0. The molecule has 0 aliphatic rings. The Labute approximate surface area is 79.1 Å². The van der Waals surface area contributed by atoms with E-state index >= 15 is 0 Å². The summed E-state index contributed by atoms with van der Waals surface area (Å²) < 4.78 is 7.01. The smallest absolute Gasteiger partial charge is 0.121 e. The largest absolute Gasteiger partial charge is 0.497 e. The molecule has 1 aromatic heterocycles. The summed E-state index contributed by atoms with van der Waals surface area (Å²) in [6.07, 6.45) is 1.96. The van der Waals surface area contributed by atoms with E-state index in [1.54, 1.807) is 7.11 Å². The van der Waals surface area contributed by atoms with Crippen molar-refractivity contribution in [2.45, 2.75) is 0 Å². The topological polar surface area (TPSA) is 14.2 Å². The number of methoxy groups -OCH3 is 1. The molecule has 0 aliphatic carbocycles. The van der Waals surface area contributed by atoms with Crippen LogP contribution >= 0.6 is 16.1 Å². The normalized spacial score (nSPS) is 10.5. The second kappa shape index (κ2) is 2.83. The highest BCUT2D eigenvalue weighted by Gasteiger charge is 1.99. The Kier molecular flexibility index (Phi) is 1.81. The molecule has 0 aliphatic heterocycles. The van der Waals surface area contributed by atoms with E-state index in [2.05, 4.69) is 16.1 Å². The number of nitrogens with zero attached hydrogens (tertiary/aromatic N) is 1. The van der Waals surface area contributed by atoms with E-state index in [1.807, 2.05) is 34.1 Å². The van der Waals surface area contributed by atoms with Gasteiger partial charge in [-0.2, -0.15) is 0 Å². The summed E-state index contributed by atoms with van der Waals surface area (Å²) in [5.41, 5.74) is 1.12. The summed E-state index contributed by atoms with van der Waals surface area (Å²) >= 11 is 3.39. The van der Waals surface area contributed by atoms with Crippen LogP contribution in [0.3, 0.4) is 0 Å². The zero-order valence-electron chi connectivity index (χ0n) is 6.62. The van der Waals surface area contributed by atoms with E-state index < -0.39 is 0 Å². The van der Waals surface area contributed by atoms with Crippen LogP contribution in [0.15, 0.2) is 30.5 Å². The molecule has 2 nitrogen and oxygen atoms in total. The van der Waals surface area contributed by atoms with Gasteiger partial charge in [0.2, 0.25) is 0 Å². The van der Waals surface area contributed by atoms with Gasteiger partial charge in [0.1, 0.15) is 5.75 Å². The Hall–Kier alpha value is -0.960. The standard InChI is InChI=1S/C9H8BrNO/c1-12-8-3-2-7-4-5-11(10)9(7)6-8/h2-6H,1H3. The Morgan fingerprint density at radius 3 is 2.92 bits per heavy atom. The lowest BCUT2D eigenvalue weighted by molar-refractivity contribution is 0.415. The van der Waals surface area contributed by atoms with E-state index in [0.29, 0.717) is 0 Å². The number of ether oxygens (including phenoxy) is 1. The van der Waals surface area contributed by atoms with Crippen molar-refractivity contribution in [3.8, 4) is 5.75 Å². The van der Waals surface area contributed by atoms with Crippen molar-refractivity contribution in [3.05, 3.63) is 30.5 Å². The minimum Gasteiger partial charge on any atom is -0.497 e. The summed E-state index contributed by atoms with van der Waals surface area (Å²) in [5, 5.41) is 1.20. The molecule has 62 valence electrons. The molecular formula is C9H8BrNO. The molecule has 12 heavy (non-hydrogen) atoms. The van der Waals surface area contributed by atoms with Crippen molar-refractivity contribution in [3.63, 3.8) is 0 Å². The third-order valence-corrected chi connectivity index (χ3v) is 2.47. The van der Waals surface area contributed by atoms with Gasteiger partial charge in [-0.05, 0) is 18.2 Å². The predicted molar refractivity (Wildman–Crippen MR) is 52.8 cm³/mol. The van der Waals surface area contributed by atoms with Gasteiger partial charge in [-0.3, -0.25) is 3.59 Å². The SMILES string of the molecule is COc1ccc2ccn(Br)c2c1. The summed E-state index contributed by atoms with van der Waals surface area (Å²) in [6.45, 7) is 0. The van der Waals surface area contributed by atoms with Crippen molar-refractivity contribution < 1.29 is 4.74 Å². The van der Waals surface area contributed by atoms with Crippen LogP contribution in [0, 0.1) is 0 Å². The lowest BCUT2D eigenvalue weighted by Crippen LogP contribution is -1.82. The molecule has 3 heteroatoms. The molecule has 0 spiro atoms. The molecule has 0 saturated heterocycles. The molecule has 0 amide bonds. The van der Waals surface area contributed by atoms with Crippen LogP contribution in [0.1, 0.15) is 0 Å². The quantitative estimate of drug-likeness (QED) is 0.729. The lowest BCUT2D eigenvalue weighted by atomic mass is 10.2. The number of hydrogen-bond acceptors (Lipinski definition) is 1. The minimum atomic E-state index is 0.877. The lowest BCUT2D eigenvalue weighted by Gasteiger charge is -1.99. The van der Waals surface area contributed by atoms with Crippen LogP contribution in [0.4, 0.5) is 0 Å². The van der Waals surface area contributed by atoms with Gasteiger partial charge >= 0.3 is 0 Å². The highest BCUT2D eigenvalue weighted by atomic mass is 79.9. The number of rotatable bonds is 1. The van der Waals surface area contributed by atoms with Crippen LogP contribution < -0.4 is 4.74 Å². The highest BCUT2D eigenvalue weighted by molar-refractivity contribution is 9.08. The second-order valence-corrected chi connectivity index (χ2v) is 3.32.